The van der Waals surface area contributed by atoms with Crippen LogP contribution in [0.2, 0.25) is 5.15 Å². The Morgan fingerprint density at radius 3 is 2.89 bits per heavy atom. The zero-order valence-corrected chi connectivity index (χ0v) is 10.9. The summed E-state index contributed by atoms with van der Waals surface area (Å²) in [6, 6.07) is 6.56. The fourth-order valence-electron chi connectivity index (χ4n) is 1.56. The van der Waals surface area contributed by atoms with Gasteiger partial charge in [-0.25, -0.2) is 10.8 Å². The van der Waals surface area contributed by atoms with Crippen molar-refractivity contribution in [1.29, 1.82) is 0 Å². The largest absolute Gasteiger partial charge is 0.310 e. The van der Waals surface area contributed by atoms with Gasteiger partial charge in [0.2, 0.25) is 0 Å². The highest BCUT2D eigenvalue weighted by Crippen LogP contribution is 2.18. The summed E-state index contributed by atoms with van der Waals surface area (Å²) in [6.45, 7) is 0. The minimum Gasteiger partial charge on any atom is -0.310 e. The Balaban J connectivity index is 2.31. The summed E-state index contributed by atoms with van der Waals surface area (Å²) in [5.74, 6) is 5.37. The van der Waals surface area contributed by atoms with Crippen LogP contribution in [0.4, 0.5) is 11.5 Å². The van der Waals surface area contributed by atoms with Crippen molar-refractivity contribution in [3.05, 3.63) is 47.4 Å². The molecule has 0 saturated carbocycles. The molecule has 0 aliphatic heterocycles. The Hall–Kier alpha value is -2.18. The Kier molecular flexibility index (Phi) is 3.94. The number of nitrogens with two attached hydrogens (primary N) is 1. The summed E-state index contributed by atoms with van der Waals surface area (Å²) in [5, 5.41) is 0.193. The molecule has 0 spiro atoms. The highest BCUT2D eigenvalue weighted by atomic mass is 35.5. The first-order valence-electron chi connectivity index (χ1n) is 5.44. The third kappa shape index (κ3) is 2.98. The number of carbonyl (C=O) groups is 1. The minimum atomic E-state index is -0.228. The number of aromatic nitrogens is 2. The number of amides is 1. The molecule has 98 valence electrons. The number of hydrogen-bond acceptors (Lipinski definition) is 5. The number of hydrogen-bond donors (Lipinski definition) is 2. The molecule has 0 aliphatic rings. The van der Waals surface area contributed by atoms with E-state index in [-0.39, 0.29) is 11.1 Å². The van der Waals surface area contributed by atoms with Crippen LogP contribution >= 0.6 is 11.6 Å². The van der Waals surface area contributed by atoms with Crippen LogP contribution in [0.15, 0.2) is 36.7 Å². The number of pyridine rings is 2. The van der Waals surface area contributed by atoms with Crippen molar-refractivity contribution in [3.63, 3.8) is 0 Å². The van der Waals surface area contributed by atoms with E-state index in [1.807, 2.05) is 0 Å². The van der Waals surface area contributed by atoms with E-state index in [1.165, 1.54) is 17.0 Å². The average Bonchev–Trinajstić information content (AvgIpc) is 2.46. The van der Waals surface area contributed by atoms with Crippen molar-refractivity contribution < 1.29 is 4.79 Å². The topological polar surface area (TPSA) is 84.1 Å². The Morgan fingerprint density at radius 1 is 1.47 bits per heavy atom. The highest BCUT2D eigenvalue weighted by Gasteiger charge is 2.15. The van der Waals surface area contributed by atoms with Gasteiger partial charge in [0, 0.05) is 18.8 Å². The third-order valence-corrected chi connectivity index (χ3v) is 2.72. The van der Waals surface area contributed by atoms with E-state index in [2.05, 4.69) is 15.4 Å². The number of anilines is 2. The van der Waals surface area contributed by atoms with Crippen LogP contribution in [0.25, 0.3) is 0 Å². The van der Waals surface area contributed by atoms with Crippen molar-refractivity contribution in [2.75, 3.05) is 17.4 Å². The Morgan fingerprint density at radius 2 is 2.26 bits per heavy atom. The van der Waals surface area contributed by atoms with E-state index in [4.69, 9.17) is 17.4 Å². The molecular weight excluding hydrogens is 266 g/mol. The van der Waals surface area contributed by atoms with E-state index < -0.39 is 0 Å². The molecule has 0 aromatic carbocycles. The van der Waals surface area contributed by atoms with Gasteiger partial charge in [-0.2, -0.15) is 0 Å². The number of halogens is 1. The first-order valence-corrected chi connectivity index (χ1v) is 5.82. The second kappa shape index (κ2) is 5.64. The van der Waals surface area contributed by atoms with Crippen LogP contribution in [-0.2, 0) is 0 Å². The number of carbonyl (C=O) groups excluding carboxylic acids is 1. The van der Waals surface area contributed by atoms with Crippen molar-refractivity contribution >= 4 is 29.0 Å². The second-order valence-corrected chi connectivity index (χ2v) is 4.17. The highest BCUT2D eigenvalue weighted by molar-refractivity contribution is 6.30. The lowest BCUT2D eigenvalue weighted by atomic mass is 10.2. The van der Waals surface area contributed by atoms with Crippen LogP contribution in [0.3, 0.4) is 0 Å². The van der Waals surface area contributed by atoms with E-state index in [0.717, 1.165) is 0 Å². The van der Waals surface area contributed by atoms with Gasteiger partial charge in [0.15, 0.2) is 0 Å². The molecule has 0 fully saturated rings. The molecule has 0 unspecified atom stereocenters. The lowest BCUT2D eigenvalue weighted by molar-refractivity contribution is 0.0993. The predicted molar refractivity (Wildman–Crippen MR) is 74.0 cm³/mol. The van der Waals surface area contributed by atoms with Gasteiger partial charge in [0.25, 0.3) is 5.91 Å². The predicted octanol–water partition coefficient (Wildman–Crippen LogP) is 1.69. The van der Waals surface area contributed by atoms with Gasteiger partial charge in [0.05, 0.1) is 11.9 Å². The first-order chi connectivity index (χ1) is 9.11. The van der Waals surface area contributed by atoms with E-state index in [1.54, 1.807) is 31.6 Å². The maximum absolute atomic E-state index is 12.3. The molecule has 0 saturated heterocycles. The first kappa shape index (κ1) is 13.3. The lowest BCUT2D eigenvalue weighted by Crippen LogP contribution is -2.26. The van der Waals surface area contributed by atoms with Gasteiger partial charge in [0.1, 0.15) is 11.0 Å². The quantitative estimate of drug-likeness (QED) is 0.507. The normalized spacial score (nSPS) is 10.1. The molecule has 2 aromatic rings. The third-order valence-electron chi connectivity index (χ3n) is 2.53. The molecule has 0 bridgehead atoms. The summed E-state index contributed by atoms with van der Waals surface area (Å²) in [6.07, 6.45) is 3.24. The van der Waals surface area contributed by atoms with Crippen LogP contribution in [0.5, 0.6) is 0 Å². The van der Waals surface area contributed by atoms with Gasteiger partial charge < -0.3 is 10.3 Å². The zero-order chi connectivity index (χ0) is 13.8. The van der Waals surface area contributed by atoms with Crippen LogP contribution in [0, 0.1) is 0 Å². The minimum absolute atomic E-state index is 0.193. The molecule has 3 N–H and O–H groups in total. The number of hydrazine groups is 1. The fraction of sp³-hybridized carbons (Fsp3) is 0.0833. The lowest BCUT2D eigenvalue weighted by Gasteiger charge is -2.17. The van der Waals surface area contributed by atoms with Crippen LogP contribution in [0.1, 0.15) is 10.4 Å². The number of nitrogens with one attached hydrogen (secondary N) is 1. The molecule has 19 heavy (non-hydrogen) atoms. The van der Waals surface area contributed by atoms with Crippen LogP contribution in [-0.4, -0.2) is 22.9 Å². The Labute approximate surface area is 115 Å². The number of rotatable bonds is 3. The second-order valence-electron chi connectivity index (χ2n) is 3.78. The number of nitrogen functional groups attached to an aromatic ring is 1. The van der Waals surface area contributed by atoms with Gasteiger partial charge >= 0.3 is 0 Å². The molecule has 2 rings (SSSR count). The molecular formula is C12H12ClN5O. The summed E-state index contributed by atoms with van der Waals surface area (Å²) in [7, 11) is 1.66. The summed E-state index contributed by atoms with van der Waals surface area (Å²) in [5.41, 5.74) is 3.43. The van der Waals surface area contributed by atoms with Crippen LogP contribution < -0.4 is 16.2 Å². The molecule has 2 aromatic heterocycles. The van der Waals surface area contributed by atoms with E-state index in [9.17, 15) is 4.79 Å². The SMILES string of the molecule is CN(C(=O)c1cc(Cl)nc(NN)c1)c1cccnc1. The molecule has 0 aliphatic carbocycles. The molecule has 7 heteroatoms. The summed E-state index contributed by atoms with van der Waals surface area (Å²) >= 11 is 5.83. The smallest absolute Gasteiger partial charge is 0.258 e. The molecule has 6 nitrogen and oxygen atoms in total. The zero-order valence-electron chi connectivity index (χ0n) is 10.2. The standard InChI is InChI=1S/C12H12ClN5O/c1-18(9-3-2-4-15-7-9)12(19)8-5-10(13)16-11(6-8)17-14/h2-7H,14H2,1H3,(H,16,17). The Bertz CT molecular complexity index is 590. The van der Waals surface area contributed by atoms with Gasteiger partial charge in [-0.1, -0.05) is 11.6 Å². The monoisotopic (exact) mass is 277 g/mol. The summed E-state index contributed by atoms with van der Waals surface area (Å²) < 4.78 is 0. The summed E-state index contributed by atoms with van der Waals surface area (Å²) in [4.78, 5) is 21.7. The van der Waals surface area contributed by atoms with Gasteiger partial charge in [-0.05, 0) is 24.3 Å². The molecule has 0 radical (unpaired) electrons. The van der Waals surface area contributed by atoms with E-state index >= 15 is 0 Å². The van der Waals surface area contributed by atoms with Crippen molar-refractivity contribution in [2.24, 2.45) is 5.84 Å². The number of nitrogens with zero attached hydrogens (tertiary/aromatic N) is 3. The van der Waals surface area contributed by atoms with Crippen molar-refractivity contribution in [3.8, 4) is 0 Å². The molecule has 0 atom stereocenters. The average molecular weight is 278 g/mol. The van der Waals surface area contributed by atoms with Gasteiger partial charge in [-0.15, -0.1) is 0 Å². The molecule has 2 heterocycles. The van der Waals surface area contributed by atoms with Crippen molar-refractivity contribution in [1.82, 2.24) is 9.97 Å². The maximum atomic E-state index is 12.3. The van der Waals surface area contributed by atoms with Gasteiger partial charge in [-0.3, -0.25) is 9.78 Å². The molecule has 1 amide bonds. The van der Waals surface area contributed by atoms with E-state index in [0.29, 0.717) is 17.1 Å². The van der Waals surface area contributed by atoms with Crippen molar-refractivity contribution in [2.45, 2.75) is 0 Å². The maximum Gasteiger partial charge on any atom is 0.258 e. The fourth-order valence-corrected chi connectivity index (χ4v) is 1.77.